The van der Waals surface area contributed by atoms with E-state index in [9.17, 15) is 0 Å². The van der Waals surface area contributed by atoms with Gasteiger partial charge in [0.05, 0.1) is 13.7 Å². The molecular weight excluding hydrogens is 431 g/mol. The van der Waals surface area contributed by atoms with Crippen molar-refractivity contribution in [3.63, 3.8) is 0 Å². The first-order valence-electron chi connectivity index (χ1n) is 7.91. The third-order valence-electron chi connectivity index (χ3n) is 3.41. The van der Waals surface area contributed by atoms with Gasteiger partial charge in [-0.25, -0.2) is 4.98 Å². The first-order chi connectivity index (χ1) is 11.8. The molecular formula is C18H25IN4O2. The SMILES string of the molecule is CCOc1ccccc1CNC(=NC)NCc1ccnc(OC)c1.I. The molecule has 0 aliphatic carbocycles. The van der Waals surface area contributed by atoms with Crippen LogP contribution in [0.1, 0.15) is 18.1 Å². The normalized spacial score (nSPS) is 10.6. The Hall–Kier alpha value is -2.03. The number of pyridine rings is 1. The number of hydrogen-bond donors (Lipinski definition) is 2. The summed E-state index contributed by atoms with van der Waals surface area (Å²) in [6, 6.07) is 11.8. The molecule has 136 valence electrons. The Morgan fingerprint density at radius 1 is 1.16 bits per heavy atom. The van der Waals surface area contributed by atoms with E-state index >= 15 is 0 Å². The van der Waals surface area contributed by atoms with E-state index in [1.54, 1.807) is 20.4 Å². The zero-order chi connectivity index (χ0) is 17.2. The summed E-state index contributed by atoms with van der Waals surface area (Å²) in [5.74, 6) is 2.21. The van der Waals surface area contributed by atoms with Gasteiger partial charge in [0, 0.05) is 38.0 Å². The largest absolute Gasteiger partial charge is 0.494 e. The van der Waals surface area contributed by atoms with Gasteiger partial charge in [0.15, 0.2) is 5.96 Å². The number of benzene rings is 1. The average molecular weight is 456 g/mol. The number of aromatic nitrogens is 1. The van der Waals surface area contributed by atoms with E-state index in [1.165, 1.54) is 0 Å². The number of hydrogen-bond acceptors (Lipinski definition) is 4. The molecule has 1 aromatic carbocycles. The quantitative estimate of drug-likeness (QED) is 0.381. The highest BCUT2D eigenvalue weighted by atomic mass is 127. The van der Waals surface area contributed by atoms with E-state index in [1.807, 2.05) is 43.3 Å². The van der Waals surface area contributed by atoms with Crippen LogP contribution in [0.2, 0.25) is 0 Å². The molecule has 0 bridgehead atoms. The third-order valence-corrected chi connectivity index (χ3v) is 3.41. The summed E-state index contributed by atoms with van der Waals surface area (Å²) in [5.41, 5.74) is 2.16. The second-order valence-electron chi connectivity index (χ2n) is 5.03. The van der Waals surface area contributed by atoms with Gasteiger partial charge in [0.25, 0.3) is 0 Å². The topological polar surface area (TPSA) is 67.8 Å². The van der Waals surface area contributed by atoms with Gasteiger partial charge in [-0.3, -0.25) is 4.99 Å². The van der Waals surface area contributed by atoms with E-state index in [-0.39, 0.29) is 24.0 Å². The number of nitrogens with one attached hydrogen (secondary N) is 2. The van der Waals surface area contributed by atoms with Crippen LogP contribution in [0.15, 0.2) is 47.6 Å². The Labute approximate surface area is 166 Å². The van der Waals surface area contributed by atoms with Crippen molar-refractivity contribution in [2.45, 2.75) is 20.0 Å². The zero-order valence-electron chi connectivity index (χ0n) is 14.8. The maximum atomic E-state index is 5.64. The summed E-state index contributed by atoms with van der Waals surface area (Å²) in [5, 5.41) is 6.57. The standard InChI is InChI=1S/C18H24N4O2.HI/c1-4-24-16-8-6-5-7-15(16)13-22-18(19-2)21-12-14-9-10-20-17(11-14)23-3;/h5-11H,4,12-13H2,1-3H3,(H2,19,21,22);1H. The minimum absolute atomic E-state index is 0. The molecule has 2 rings (SSSR count). The molecule has 0 unspecified atom stereocenters. The van der Waals surface area contributed by atoms with Crippen molar-refractivity contribution >= 4 is 29.9 Å². The fourth-order valence-electron chi connectivity index (χ4n) is 2.20. The summed E-state index contributed by atoms with van der Waals surface area (Å²) in [6.07, 6.45) is 1.73. The number of halogens is 1. The number of methoxy groups -OCH3 is 1. The van der Waals surface area contributed by atoms with E-state index < -0.39 is 0 Å². The molecule has 0 aliphatic rings. The van der Waals surface area contributed by atoms with Crippen LogP contribution < -0.4 is 20.1 Å². The van der Waals surface area contributed by atoms with Gasteiger partial charge in [-0.1, -0.05) is 18.2 Å². The monoisotopic (exact) mass is 456 g/mol. The van der Waals surface area contributed by atoms with Crippen LogP contribution in [0.4, 0.5) is 0 Å². The van der Waals surface area contributed by atoms with Crippen molar-refractivity contribution in [1.82, 2.24) is 15.6 Å². The Morgan fingerprint density at radius 3 is 2.64 bits per heavy atom. The predicted octanol–water partition coefficient (Wildman–Crippen LogP) is 2.97. The second-order valence-corrected chi connectivity index (χ2v) is 5.03. The maximum absolute atomic E-state index is 5.64. The molecule has 0 aliphatic heterocycles. The Kier molecular flexibility index (Phi) is 9.68. The molecule has 0 radical (unpaired) electrons. The highest BCUT2D eigenvalue weighted by Crippen LogP contribution is 2.17. The molecule has 25 heavy (non-hydrogen) atoms. The summed E-state index contributed by atoms with van der Waals surface area (Å²) < 4.78 is 10.8. The summed E-state index contributed by atoms with van der Waals surface area (Å²) in [4.78, 5) is 8.34. The van der Waals surface area contributed by atoms with Crippen molar-refractivity contribution in [3.8, 4) is 11.6 Å². The van der Waals surface area contributed by atoms with Crippen LogP contribution in [0.3, 0.4) is 0 Å². The number of ether oxygens (including phenoxy) is 2. The lowest BCUT2D eigenvalue weighted by Crippen LogP contribution is -2.36. The number of rotatable bonds is 7. The molecule has 0 spiro atoms. The van der Waals surface area contributed by atoms with E-state index in [0.717, 1.165) is 22.8 Å². The highest BCUT2D eigenvalue weighted by molar-refractivity contribution is 14.0. The van der Waals surface area contributed by atoms with Gasteiger partial charge < -0.3 is 20.1 Å². The fraction of sp³-hybridized carbons (Fsp3) is 0.333. The Bertz CT molecular complexity index is 680. The van der Waals surface area contributed by atoms with Crippen molar-refractivity contribution in [2.75, 3.05) is 20.8 Å². The van der Waals surface area contributed by atoms with Crippen molar-refractivity contribution in [1.29, 1.82) is 0 Å². The maximum Gasteiger partial charge on any atom is 0.213 e. The van der Waals surface area contributed by atoms with Crippen molar-refractivity contribution in [3.05, 3.63) is 53.7 Å². The fourth-order valence-corrected chi connectivity index (χ4v) is 2.20. The van der Waals surface area contributed by atoms with Crippen LogP contribution in [0.5, 0.6) is 11.6 Å². The molecule has 6 nitrogen and oxygen atoms in total. The first kappa shape index (κ1) is 21.0. The van der Waals surface area contributed by atoms with Gasteiger partial charge in [0.2, 0.25) is 5.88 Å². The second kappa shape index (κ2) is 11.5. The molecule has 0 saturated carbocycles. The van der Waals surface area contributed by atoms with Gasteiger partial charge in [0.1, 0.15) is 5.75 Å². The summed E-state index contributed by atoms with van der Waals surface area (Å²) in [6.45, 7) is 3.89. The van der Waals surface area contributed by atoms with Gasteiger partial charge in [-0.15, -0.1) is 24.0 Å². The minimum Gasteiger partial charge on any atom is -0.494 e. The lowest BCUT2D eigenvalue weighted by molar-refractivity contribution is 0.336. The zero-order valence-corrected chi connectivity index (χ0v) is 17.1. The summed E-state index contributed by atoms with van der Waals surface area (Å²) in [7, 11) is 3.35. The van der Waals surface area contributed by atoms with Crippen molar-refractivity contribution in [2.24, 2.45) is 4.99 Å². The molecule has 0 fully saturated rings. The van der Waals surface area contributed by atoms with Crippen molar-refractivity contribution < 1.29 is 9.47 Å². The average Bonchev–Trinajstić information content (AvgIpc) is 2.63. The molecule has 1 heterocycles. The van der Waals surface area contributed by atoms with Gasteiger partial charge >= 0.3 is 0 Å². The molecule has 0 atom stereocenters. The number of aliphatic imine (C=N–C) groups is 1. The number of nitrogens with zero attached hydrogens (tertiary/aromatic N) is 2. The Morgan fingerprint density at radius 2 is 1.92 bits per heavy atom. The lowest BCUT2D eigenvalue weighted by atomic mass is 10.2. The summed E-state index contributed by atoms with van der Waals surface area (Å²) >= 11 is 0. The molecule has 1 aromatic heterocycles. The van der Waals surface area contributed by atoms with Crippen LogP contribution in [0, 0.1) is 0 Å². The number of para-hydroxylation sites is 1. The highest BCUT2D eigenvalue weighted by Gasteiger charge is 2.04. The smallest absolute Gasteiger partial charge is 0.213 e. The first-order valence-corrected chi connectivity index (χ1v) is 7.91. The molecule has 0 amide bonds. The van der Waals surface area contributed by atoms with Crippen LogP contribution in [-0.2, 0) is 13.1 Å². The van der Waals surface area contributed by atoms with Crippen LogP contribution in [-0.4, -0.2) is 31.7 Å². The van der Waals surface area contributed by atoms with E-state index in [2.05, 4.69) is 20.6 Å². The minimum atomic E-state index is 0. The number of guanidine groups is 1. The van der Waals surface area contributed by atoms with Crippen LogP contribution >= 0.6 is 24.0 Å². The molecule has 2 aromatic rings. The molecule has 0 saturated heterocycles. The third kappa shape index (κ3) is 6.77. The Balaban J connectivity index is 0.00000312. The molecule has 2 N–H and O–H groups in total. The predicted molar refractivity (Wildman–Crippen MR) is 111 cm³/mol. The van der Waals surface area contributed by atoms with Crippen LogP contribution in [0.25, 0.3) is 0 Å². The van der Waals surface area contributed by atoms with Gasteiger partial charge in [-0.05, 0) is 24.6 Å². The van der Waals surface area contributed by atoms with Gasteiger partial charge in [-0.2, -0.15) is 0 Å². The molecule has 7 heteroatoms. The van der Waals surface area contributed by atoms with E-state index in [0.29, 0.717) is 25.6 Å². The van der Waals surface area contributed by atoms with E-state index in [4.69, 9.17) is 9.47 Å². The lowest BCUT2D eigenvalue weighted by Gasteiger charge is -2.14.